The second-order valence-corrected chi connectivity index (χ2v) is 6.01. The lowest BCUT2D eigenvalue weighted by Crippen LogP contribution is -2.42. The zero-order valence-corrected chi connectivity index (χ0v) is 13.9. The minimum atomic E-state index is -4.91. The number of halogens is 3. The van der Waals surface area contributed by atoms with Crippen molar-refractivity contribution < 1.29 is 22.7 Å². The topological polar surface area (TPSA) is 29.5 Å². The van der Waals surface area contributed by atoms with Gasteiger partial charge in [-0.25, -0.2) is 0 Å². The van der Waals surface area contributed by atoms with Gasteiger partial charge in [0, 0.05) is 18.7 Å². The van der Waals surface area contributed by atoms with Gasteiger partial charge < -0.3 is 9.64 Å². The van der Waals surface area contributed by atoms with Gasteiger partial charge in [0.2, 0.25) is 0 Å². The zero-order chi connectivity index (χ0) is 18.6. The number of ether oxygens (including phenoxy) is 1. The summed E-state index contributed by atoms with van der Waals surface area (Å²) in [5.74, 6) is -1.86. The molecule has 0 spiro atoms. The van der Waals surface area contributed by atoms with Gasteiger partial charge in [-0.15, -0.1) is 0 Å². The number of alkyl halides is 3. The maximum absolute atomic E-state index is 12.9. The molecule has 0 aliphatic carbocycles. The largest absolute Gasteiger partial charge is 0.471 e. The zero-order valence-electron chi connectivity index (χ0n) is 13.9. The first kappa shape index (κ1) is 18.2. The average Bonchev–Trinajstić information content (AvgIpc) is 2.61. The quantitative estimate of drug-likeness (QED) is 0.764. The molecule has 0 N–H and O–H groups in total. The first-order chi connectivity index (χ1) is 12.4. The molecule has 1 aliphatic rings. The molecule has 6 heteroatoms. The van der Waals surface area contributed by atoms with E-state index in [1.807, 2.05) is 30.3 Å². The Labute approximate surface area is 149 Å². The summed E-state index contributed by atoms with van der Waals surface area (Å²) >= 11 is 0. The van der Waals surface area contributed by atoms with Crippen molar-refractivity contribution in [1.29, 1.82) is 0 Å². The third-order valence-electron chi connectivity index (χ3n) is 4.14. The number of hydrogen-bond acceptors (Lipinski definition) is 2. The van der Waals surface area contributed by atoms with Crippen molar-refractivity contribution >= 4 is 11.6 Å². The Bertz CT molecular complexity index is 787. The summed E-state index contributed by atoms with van der Waals surface area (Å²) in [5.41, 5.74) is 1.94. The highest BCUT2D eigenvalue weighted by Crippen LogP contribution is 2.29. The lowest BCUT2D eigenvalue weighted by Gasteiger charge is -2.28. The Morgan fingerprint density at radius 2 is 1.77 bits per heavy atom. The van der Waals surface area contributed by atoms with Crippen LogP contribution in [0.15, 0.2) is 66.7 Å². The molecule has 0 bridgehead atoms. The van der Waals surface area contributed by atoms with Crippen molar-refractivity contribution in [1.82, 2.24) is 0 Å². The van der Waals surface area contributed by atoms with Crippen LogP contribution in [0.25, 0.3) is 0 Å². The first-order valence-corrected chi connectivity index (χ1v) is 8.24. The van der Waals surface area contributed by atoms with Crippen molar-refractivity contribution in [2.75, 3.05) is 11.4 Å². The number of fused-ring (bicyclic) bond motifs is 1. The van der Waals surface area contributed by atoms with Crippen molar-refractivity contribution in [3.8, 4) is 0 Å². The summed E-state index contributed by atoms with van der Waals surface area (Å²) in [6.45, 7) is 0.254. The third-order valence-corrected chi connectivity index (χ3v) is 4.14. The second kappa shape index (κ2) is 7.74. The summed E-state index contributed by atoms with van der Waals surface area (Å²) in [6.07, 6.45) is -1.53. The second-order valence-electron chi connectivity index (χ2n) is 6.01. The van der Waals surface area contributed by atoms with Gasteiger partial charge in [-0.3, -0.25) is 4.79 Å². The molecular formula is C20H18F3NO2. The number of carbonyl (C=O) groups is 1. The summed E-state index contributed by atoms with van der Waals surface area (Å²) < 4.78 is 44.6. The fourth-order valence-corrected chi connectivity index (χ4v) is 2.89. The fraction of sp³-hybridized carbons (Fsp3) is 0.250. The van der Waals surface area contributed by atoms with E-state index in [0.717, 1.165) is 10.5 Å². The minimum Gasteiger partial charge on any atom is -0.369 e. The number of para-hydroxylation sites is 1. The van der Waals surface area contributed by atoms with Crippen LogP contribution in [0.3, 0.4) is 0 Å². The predicted octanol–water partition coefficient (Wildman–Crippen LogP) is 4.28. The Kier molecular flexibility index (Phi) is 5.42. The van der Waals surface area contributed by atoms with Gasteiger partial charge in [-0.2, -0.15) is 13.2 Å². The molecule has 2 aromatic carbocycles. The predicted molar refractivity (Wildman–Crippen MR) is 92.7 cm³/mol. The maximum atomic E-state index is 12.9. The van der Waals surface area contributed by atoms with E-state index in [0.29, 0.717) is 18.6 Å². The molecule has 1 aliphatic heterocycles. The van der Waals surface area contributed by atoms with E-state index in [1.165, 1.54) is 6.07 Å². The highest BCUT2D eigenvalue weighted by Gasteiger charge is 2.43. The van der Waals surface area contributed by atoms with E-state index in [-0.39, 0.29) is 18.3 Å². The van der Waals surface area contributed by atoms with Crippen molar-refractivity contribution in [2.24, 2.45) is 0 Å². The number of nitrogens with zero attached hydrogens (tertiary/aromatic N) is 1. The molecular weight excluding hydrogens is 343 g/mol. The molecule has 1 amide bonds. The maximum Gasteiger partial charge on any atom is 0.471 e. The monoisotopic (exact) mass is 361 g/mol. The van der Waals surface area contributed by atoms with Crippen LogP contribution in [-0.2, 0) is 22.6 Å². The number of rotatable bonds is 3. The van der Waals surface area contributed by atoms with Crippen LogP contribution >= 0.6 is 0 Å². The smallest absolute Gasteiger partial charge is 0.369 e. The molecule has 0 saturated carbocycles. The summed E-state index contributed by atoms with van der Waals surface area (Å²) in [6, 6.07) is 16.3. The Morgan fingerprint density at radius 3 is 2.50 bits per heavy atom. The third kappa shape index (κ3) is 4.32. The van der Waals surface area contributed by atoms with Gasteiger partial charge in [0.25, 0.3) is 0 Å². The molecule has 26 heavy (non-hydrogen) atoms. The number of anilines is 1. The van der Waals surface area contributed by atoms with Crippen molar-refractivity contribution in [3.05, 3.63) is 77.9 Å². The van der Waals surface area contributed by atoms with Gasteiger partial charge >= 0.3 is 12.1 Å². The highest BCUT2D eigenvalue weighted by molar-refractivity contribution is 5.98. The van der Waals surface area contributed by atoms with Gasteiger partial charge in [0.15, 0.2) is 0 Å². The van der Waals surface area contributed by atoms with Crippen LogP contribution in [0.5, 0.6) is 0 Å². The average molecular weight is 361 g/mol. The molecule has 3 rings (SSSR count). The highest BCUT2D eigenvalue weighted by atomic mass is 19.4. The first-order valence-electron chi connectivity index (χ1n) is 8.24. The number of hydrogen-bond donors (Lipinski definition) is 0. The Hall–Kier alpha value is -2.60. The molecule has 3 nitrogen and oxygen atoms in total. The van der Waals surface area contributed by atoms with Crippen LogP contribution in [0.2, 0.25) is 0 Å². The molecule has 0 fully saturated rings. The molecule has 1 unspecified atom stereocenters. The lowest BCUT2D eigenvalue weighted by molar-refractivity contribution is -0.170. The Balaban J connectivity index is 1.80. The molecule has 0 saturated heterocycles. The van der Waals surface area contributed by atoms with Gasteiger partial charge in [0.1, 0.15) is 0 Å². The fourth-order valence-electron chi connectivity index (χ4n) is 2.89. The molecule has 136 valence electrons. The van der Waals surface area contributed by atoms with E-state index in [2.05, 4.69) is 0 Å². The van der Waals surface area contributed by atoms with Gasteiger partial charge in [-0.05, 0) is 17.2 Å². The minimum absolute atomic E-state index is 0.152. The van der Waals surface area contributed by atoms with E-state index >= 15 is 0 Å². The van der Waals surface area contributed by atoms with E-state index in [9.17, 15) is 18.0 Å². The van der Waals surface area contributed by atoms with Gasteiger partial charge in [-0.1, -0.05) is 60.7 Å². The number of carbonyl (C=O) groups excluding carboxylic acids is 1. The SMILES string of the molecule is O=C(N1C/C=C\C(OCc2ccccc2)Cc2ccccc21)C(F)(F)F. The lowest BCUT2D eigenvalue weighted by atomic mass is 10.0. The molecule has 1 atom stereocenters. The van der Waals surface area contributed by atoms with Crippen molar-refractivity contribution in [3.63, 3.8) is 0 Å². The molecule has 1 heterocycles. The molecule has 2 aromatic rings. The van der Waals surface area contributed by atoms with E-state index < -0.39 is 12.1 Å². The van der Waals surface area contributed by atoms with E-state index in [4.69, 9.17) is 4.74 Å². The van der Waals surface area contributed by atoms with Crippen LogP contribution < -0.4 is 4.90 Å². The number of amides is 1. The van der Waals surface area contributed by atoms with Crippen LogP contribution in [0.1, 0.15) is 11.1 Å². The standard InChI is InChI=1S/C20H18F3NO2/c21-20(22,23)19(25)24-12-6-10-17(13-16-9-4-5-11-18(16)24)26-14-15-7-2-1-3-8-15/h1-11,17H,12-14H2/b10-6-. The van der Waals surface area contributed by atoms with Crippen LogP contribution in [-0.4, -0.2) is 24.7 Å². The van der Waals surface area contributed by atoms with Crippen LogP contribution in [0, 0.1) is 0 Å². The van der Waals surface area contributed by atoms with Crippen molar-refractivity contribution in [2.45, 2.75) is 25.3 Å². The van der Waals surface area contributed by atoms with Crippen LogP contribution in [0.4, 0.5) is 18.9 Å². The Morgan fingerprint density at radius 1 is 1.08 bits per heavy atom. The summed E-state index contributed by atoms with van der Waals surface area (Å²) in [5, 5.41) is 0. The van der Waals surface area contributed by atoms with Gasteiger partial charge in [0.05, 0.1) is 12.7 Å². The molecule has 0 aromatic heterocycles. The summed E-state index contributed by atoms with van der Waals surface area (Å²) in [7, 11) is 0. The normalized spacial score (nSPS) is 18.6. The van der Waals surface area contributed by atoms with E-state index in [1.54, 1.807) is 30.4 Å². The summed E-state index contributed by atoms with van der Waals surface area (Å²) in [4.78, 5) is 12.5. The number of benzene rings is 2. The molecule has 0 radical (unpaired) electrons.